The molecule has 1 aromatic rings. The zero-order chi connectivity index (χ0) is 15.2. The SMILES string of the molecule is COC(=O)/C=C/[C@@H]1OC[C@H](C(C)C)N1Cc1ccccc1. The van der Waals surface area contributed by atoms with E-state index in [2.05, 4.69) is 35.6 Å². The van der Waals surface area contributed by atoms with Crippen LogP contribution in [0, 0.1) is 5.92 Å². The minimum atomic E-state index is -0.355. The van der Waals surface area contributed by atoms with Gasteiger partial charge < -0.3 is 9.47 Å². The number of nitrogens with zero attached hydrogens (tertiary/aromatic N) is 1. The molecule has 0 radical (unpaired) electrons. The third-order valence-electron chi connectivity index (χ3n) is 3.77. The molecule has 0 aliphatic carbocycles. The molecule has 0 bridgehead atoms. The topological polar surface area (TPSA) is 38.8 Å². The summed E-state index contributed by atoms with van der Waals surface area (Å²) in [6.45, 7) is 5.87. The highest BCUT2D eigenvalue weighted by Gasteiger charge is 2.34. The largest absolute Gasteiger partial charge is 0.466 e. The van der Waals surface area contributed by atoms with Gasteiger partial charge in [-0.2, -0.15) is 0 Å². The first-order chi connectivity index (χ1) is 10.1. The van der Waals surface area contributed by atoms with Gasteiger partial charge in [-0.3, -0.25) is 4.90 Å². The van der Waals surface area contributed by atoms with Crippen molar-refractivity contribution >= 4 is 5.97 Å². The molecule has 0 unspecified atom stereocenters. The van der Waals surface area contributed by atoms with E-state index in [1.807, 2.05) is 18.2 Å². The maximum absolute atomic E-state index is 11.3. The predicted octanol–water partition coefficient (Wildman–Crippen LogP) is 2.60. The number of methoxy groups -OCH3 is 1. The first kappa shape index (κ1) is 15.7. The van der Waals surface area contributed by atoms with Crippen molar-refractivity contribution in [2.45, 2.75) is 32.7 Å². The fourth-order valence-electron chi connectivity index (χ4n) is 2.55. The number of esters is 1. The average molecular weight is 289 g/mol. The molecule has 1 aliphatic rings. The van der Waals surface area contributed by atoms with E-state index in [0.717, 1.165) is 6.54 Å². The predicted molar refractivity (Wildman–Crippen MR) is 81.5 cm³/mol. The summed E-state index contributed by atoms with van der Waals surface area (Å²) in [5.74, 6) is 0.136. The van der Waals surface area contributed by atoms with Crippen LogP contribution in [0.1, 0.15) is 19.4 Å². The molecule has 0 N–H and O–H groups in total. The molecule has 0 amide bonds. The molecule has 4 nitrogen and oxygen atoms in total. The summed E-state index contributed by atoms with van der Waals surface area (Å²) in [7, 11) is 1.38. The highest BCUT2D eigenvalue weighted by atomic mass is 16.5. The molecule has 1 saturated heterocycles. The molecule has 4 heteroatoms. The number of rotatable bonds is 5. The Morgan fingerprint density at radius 2 is 2.14 bits per heavy atom. The van der Waals surface area contributed by atoms with Crippen LogP contribution in [0.5, 0.6) is 0 Å². The van der Waals surface area contributed by atoms with Crippen LogP contribution in [0.15, 0.2) is 42.5 Å². The lowest BCUT2D eigenvalue weighted by Gasteiger charge is -2.28. The van der Waals surface area contributed by atoms with Crippen molar-refractivity contribution in [3.05, 3.63) is 48.0 Å². The van der Waals surface area contributed by atoms with Crippen LogP contribution in [-0.4, -0.2) is 36.9 Å². The van der Waals surface area contributed by atoms with Crippen LogP contribution in [0.25, 0.3) is 0 Å². The van der Waals surface area contributed by atoms with Crippen LogP contribution in [-0.2, 0) is 20.8 Å². The van der Waals surface area contributed by atoms with Gasteiger partial charge in [0.1, 0.15) is 6.23 Å². The molecule has 1 aromatic carbocycles. The number of carbonyl (C=O) groups is 1. The van der Waals surface area contributed by atoms with Gasteiger partial charge in [0.25, 0.3) is 0 Å². The van der Waals surface area contributed by atoms with E-state index in [9.17, 15) is 4.79 Å². The molecule has 1 heterocycles. The summed E-state index contributed by atoms with van der Waals surface area (Å²) in [4.78, 5) is 13.6. The second kappa shape index (κ2) is 7.38. The maximum atomic E-state index is 11.3. The molecule has 1 aliphatic heterocycles. The highest BCUT2D eigenvalue weighted by molar-refractivity contribution is 5.81. The lowest BCUT2D eigenvalue weighted by atomic mass is 10.0. The molecular formula is C17H23NO3. The third kappa shape index (κ3) is 4.16. The minimum Gasteiger partial charge on any atom is -0.466 e. The number of ether oxygens (including phenoxy) is 2. The molecule has 0 spiro atoms. The molecular weight excluding hydrogens is 266 g/mol. The summed E-state index contributed by atoms with van der Waals surface area (Å²) in [5.41, 5.74) is 1.24. The van der Waals surface area contributed by atoms with Crippen molar-refractivity contribution in [3.63, 3.8) is 0 Å². The van der Waals surface area contributed by atoms with E-state index >= 15 is 0 Å². The van der Waals surface area contributed by atoms with E-state index in [1.54, 1.807) is 6.08 Å². The van der Waals surface area contributed by atoms with Gasteiger partial charge in [-0.05, 0) is 17.6 Å². The van der Waals surface area contributed by atoms with Gasteiger partial charge in [-0.15, -0.1) is 0 Å². The minimum absolute atomic E-state index is 0.184. The first-order valence-corrected chi connectivity index (χ1v) is 7.29. The van der Waals surface area contributed by atoms with Gasteiger partial charge >= 0.3 is 5.97 Å². The van der Waals surface area contributed by atoms with Gasteiger partial charge in [-0.25, -0.2) is 4.79 Å². The van der Waals surface area contributed by atoms with Crippen LogP contribution in [0.2, 0.25) is 0 Å². The Balaban J connectivity index is 2.12. The van der Waals surface area contributed by atoms with E-state index in [4.69, 9.17) is 4.74 Å². The molecule has 0 saturated carbocycles. The zero-order valence-corrected chi connectivity index (χ0v) is 12.9. The fraction of sp³-hybridized carbons (Fsp3) is 0.471. The molecule has 2 rings (SSSR count). The van der Waals surface area contributed by atoms with Crippen LogP contribution in [0.4, 0.5) is 0 Å². The number of benzene rings is 1. The lowest BCUT2D eigenvalue weighted by Crippen LogP contribution is -2.38. The van der Waals surface area contributed by atoms with Crippen molar-refractivity contribution in [2.75, 3.05) is 13.7 Å². The molecule has 2 atom stereocenters. The fourth-order valence-corrected chi connectivity index (χ4v) is 2.55. The Labute approximate surface area is 126 Å². The molecule has 1 fully saturated rings. The van der Waals surface area contributed by atoms with Gasteiger partial charge in [0, 0.05) is 18.7 Å². The first-order valence-electron chi connectivity index (χ1n) is 7.29. The Morgan fingerprint density at radius 1 is 1.43 bits per heavy atom. The van der Waals surface area contributed by atoms with Gasteiger partial charge in [0.05, 0.1) is 13.7 Å². The van der Waals surface area contributed by atoms with E-state index in [1.165, 1.54) is 18.7 Å². The Hall–Kier alpha value is -1.65. The monoisotopic (exact) mass is 289 g/mol. The molecule has 114 valence electrons. The quantitative estimate of drug-likeness (QED) is 0.617. The summed E-state index contributed by atoms with van der Waals surface area (Å²) in [5, 5.41) is 0. The Morgan fingerprint density at radius 3 is 2.76 bits per heavy atom. The lowest BCUT2D eigenvalue weighted by molar-refractivity contribution is -0.134. The summed E-state index contributed by atoms with van der Waals surface area (Å²) < 4.78 is 10.5. The van der Waals surface area contributed by atoms with Crippen LogP contribution >= 0.6 is 0 Å². The zero-order valence-electron chi connectivity index (χ0n) is 12.9. The van der Waals surface area contributed by atoms with Gasteiger partial charge in [-0.1, -0.05) is 44.2 Å². The van der Waals surface area contributed by atoms with Gasteiger partial charge in [0.15, 0.2) is 0 Å². The second-order valence-electron chi connectivity index (χ2n) is 5.58. The normalized spacial score (nSPS) is 23.0. The van der Waals surface area contributed by atoms with E-state index in [0.29, 0.717) is 18.6 Å². The van der Waals surface area contributed by atoms with Gasteiger partial charge in [0.2, 0.25) is 0 Å². The van der Waals surface area contributed by atoms with Crippen LogP contribution < -0.4 is 0 Å². The summed E-state index contributed by atoms with van der Waals surface area (Å²) in [6.07, 6.45) is 3.03. The Kier molecular flexibility index (Phi) is 5.53. The number of hydrogen-bond acceptors (Lipinski definition) is 4. The summed E-state index contributed by atoms with van der Waals surface area (Å²) in [6, 6.07) is 10.6. The molecule has 0 aromatic heterocycles. The molecule has 21 heavy (non-hydrogen) atoms. The van der Waals surface area contributed by atoms with Crippen molar-refractivity contribution in [2.24, 2.45) is 5.92 Å². The highest BCUT2D eigenvalue weighted by Crippen LogP contribution is 2.26. The van der Waals surface area contributed by atoms with Crippen molar-refractivity contribution in [1.82, 2.24) is 4.90 Å². The third-order valence-corrected chi connectivity index (χ3v) is 3.77. The van der Waals surface area contributed by atoms with Crippen molar-refractivity contribution < 1.29 is 14.3 Å². The maximum Gasteiger partial charge on any atom is 0.330 e. The van der Waals surface area contributed by atoms with E-state index in [-0.39, 0.29) is 12.2 Å². The van der Waals surface area contributed by atoms with E-state index < -0.39 is 0 Å². The second-order valence-corrected chi connectivity index (χ2v) is 5.58. The van der Waals surface area contributed by atoms with Crippen molar-refractivity contribution in [3.8, 4) is 0 Å². The van der Waals surface area contributed by atoms with Crippen LogP contribution in [0.3, 0.4) is 0 Å². The smallest absolute Gasteiger partial charge is 0.330 e. The summed E-state index contributed by atoms with van der Waals surface area (Å²) >= 11 is 0. The Bertz CT molecular complexity index is 484. The standard InChI is InChI=1S/C17H23NO3/c1-13(2)15-12-21-16(9-10-17(19)20-3)18(15)11-14-7-5-4-6-8-14/h4-10,13,15-16H,11-12H2,1-3H3/b10-9+/t15-,16+/m1/s1. The van der Waals surface area contributed by atoms with Crippen molar-refractivity contribution in [1.29, 1.82) is 0 Å². The number of carbonyl (C=O) groups excluding carboxylic acids is 1. The average Bonchev–Trinajstić information content (AvgIpc) is 2.89. The number of hydrogen-bond donors (Lipinski definition) is 0.